The zero-order valence-electron chi connectivity index (χ0n) is 16.1. The molecule has 0 bridgehead atoms. The summed E-state index contributed by atoms with van der Waals surface area (Å²) >= 11 is 0. The minimum Gasteiger partial charge on any atom is -0.267 e. The molecule has 0 unspecified atom stereocenters. The van der Waals surface area contributed by atoms with Crippen molar-refractivity contribution < 1.29 is 4.79 Å². The fraction of sp³-hybridized carbons (Fsp3) is 0.364. The van der Waals surface area contributed by atoms with E-state index >= 15 is 0 Å². The van der Waals surface area contributed by atoms with Crippen LogP contribution < -0.4 is 5.43 Å². The third-order valence-electron chi connectivity index (χ3n) is 4.17. The molecule has 0 fully saturated rings. The van der Waals surface area contributed by atoms with Gasteiger partial charge in [-0.1, -0.05) is 77.9 Å². The van der Waals surface area contributed by atoms with Crippen LogP contribution in [0.2, 0.25) is 0 Å². The van der Waals surface area contributed by atoms with Crippen LogP contribution in [-0.4, -0.2) is 12.1 Å². The van der Waals surface area contributed by atoms with Crippen LogP contribution in [0.15, 0.2) is 53.6 Å². The maximum absolute atomic E-state index is 12.2. The van der Waals surface area contributed by atoms with Gasteiger partial charge in [0.15, 0.2) is 0 Å². The smallest absolute Gasteiger partial charge is 0.267 e. The van der Waals surface area contributed by atoms with Gasteiger partial charge in [0.1, 0.15) is 0 Å². The first kappa shape index (κ1) is 18.9. The lowest BCUT2D eigenvalue weighted by Crippen LogP contribution is -2.18. The lowest BCUT2D eigenvalue weighted by atomic mass is 9.87. The Morgan fingerprint density at radius 1 is 0.800 bits per heavy atom. The highest BCUT2D eigenvalue weighted by Crippen LogP contribution is 2.22. The van der Waals surface area contributed by atoms with Crippen molar-refractivity contribution in [3.63, 3.8) is 0 Å². The van der Waals surface area contributed by atoms with Gasteiger partial charge in [-0.05, 0) is 39.7 Å². The molecule has 1 N–H and O–H groups in total. The highest BCUT2D eigenvalue weighted by Gasteiger charge is 2.14. The predicted octanol–water partition coefficient (Wildman–Crippen LogP) is 5.05. The summed E-state index contributed by atoms with van der Waals surface area (Å²) in [5.74, 6) is -0.206. The summed E-state index contributed by atoms with van der Waals surface area (Å²) in [6.45, 7) is 13.0. The monoisotopic (exact) mass is 336 g/mol. The van der Waals surface area contributed by atoms with E-state index in [1.54, 1.807) is 6.21 Å². The van der Waals surface area contributed by atoms with Crippen molar-refractivity contribution in [2.75, 3.05) is 0 Å². The number of rotatable bonds is 3. The van der Waals surface area contributed by atoms with Crippen molar-refractivity contribution in [2.24, 2.45) is 5.10 Å². The number of hydrazone groups is 1. The molecule has 132 valence electrons. The molecule has 1 amide bonds. The normalized spacial score (nSPS) is 12.4. The van der Waals surface area contributed by atoms with Gasteiger partial charge < -0.3 is 0 Å². The Bertz CT molecular complexity index is 743. The molecule has 25 heavy (non-hydrogen) atoms. The second kappa shape index (κ2) is 7.22. The summed E-state index contributed by atoms with van der Waals surface area (Å²) in [5.41, 5.74) is 6.82. The number of amides is 1. The lowest BCUT2D eigenvalue weighted by molar-refractivity contribution is 0.0955. The van der Waals surface area contributed by atoms with Gasteiger partial charge in [-0.3, -0.25) is 4.79 Å². The number of carbonyl (C=O) groups is 1. The van der Waals surface area contributed by atoms with Crippen LogP contribution in [0.5, 0.6) is 0 Å². The van der Waals surface area contributed by atoms with E-state index < -0.39 is 0 Å². The third-order valence-corrected chi connectivity index (χ3v) is 4.17. The number of nitrogens with one attached hydrogen (secondary N) is 1. The van der Waals surface area contributed by atoms with Gasteiger partial charge in [0.25, 0.3) is 5.91 Å². The maximum atomic E-state index is 12.2. The number of hydrogen-bond donors (Lipinski definition) is 1. The fourth-order valence-corrected chi connectivity index (χ4v) is 2.42. The predicted molar refractivity (Wildman–Crippen MR) is 105 cm³/mol. The fourth-order valence-electron chi connectivity index (χ4n) is 2.42. The summed E-state index contributed by atoms with van der Waals surface area (Å²) < 4.78 is 0. The molecular formula is C22H28N2O. The van der Waals surface area contributed by atoms with Crippen molar-refractivity contribution in [2.45, 2.75) is 52.4 Å². The first-order valence-electron chi connectivity index (χ1n) is 8.62. The third kappa shape index (κ3) is 5.28. The van der Waals surface area contributed by atoms with Crippen molar-refractivity contribution in [1.82, 2.24) is 5.43 Å². The average Bonchev–Trinajstić information content (AvgIpc) is 2.54. The van der Waals surface area contributed by atoms with Crippen molar-refractivity contribution in [1.29, 1.82) is 0 Å². The summed E-state index contributed by atoms with van der Waals surface area (Å²) in [4.78, 5) is 12.2. The van der Waals surface area contributed by atoms with Crippen LogP contribution in [0.3, 0.4) is 0 Å². The van der Waals surface area contributed by atoms with Crippen LogP contribution in [0.25, 0.3) is 0 Å². The number of nitrogens with zero attached hydrogens (tertiary/aromatic N) is 1. The molecule has 0 aliphatic rings. The van der Waals surface area contributed by atoms with E-state index in [0.29, 0.717) is 5.56 Å². The van der Waals surface area contributed by atoms with E-state index in [9.17, 15) is 4.79 Å². The van der Waals surface area contributed by atoms with Gasteiger partial charge in [0, 0.05) is 5.56 Å². The first-order chi connectivity index (χ1) is 11.6. The van der Waals surface area contributed by atoms with Gasteiger partial charge in [-0.15, -0.1) is 0 Å². The zero-order chi connectivity index (χ0) is 18.7. The molecule has 0 atom stereocenters. The number of benzene rings is 2. The Labute approximate surface area is 151 Å². The number of carbonyl (C=O) groups excluding carboxylic acids is 1. The molecule has 0 aliphatic heterocycles. The molecular weight excluding hydrogens is 308 g/mol. The molecule has 0 spiro atoms. The number of hydrogen-bond acceptors (Lipinski definition) is 2. The van der Waals surface area contributed by atoms with Gasteiger partial charge in [0.2, 0.25) is 0 Å². The molecule has 2 aromatic rings. The topological polar surface area (TPSA) is 41.5 Å². The lowest BCUT2D eigenvalue weighted by Gasteiger charge is -2.19. The molecule has 0 saturated carbocycles. The molecule has 3 heteroatoms. The van der Waals surface area contributed by atoms with Crippen LogP contribution in [-0.2, 0) is 10.8 Å². The molecule has 2 aromatic carbocycles. The van der Waals surface area contributed by atoms with Crippen LogP contribution in [0.1, 0.15) is 68.6 Å². The highest BCUT2D eigenvalue weighted by atomic mass is 16.2. The van der Waals surface area contributed by atoms with Crippen LogP contribution in [0, 0.1) is 0 Å². The summed E-state index contributed by atoms with van der Waals surface area (Å²) in [5, 5.41) is 4.06. The molecule has 0 aliphatic carbocycles. The second-order valence-electron chi connectivity index (χ2n) is 8.40. The standard InChI is InChI=1S/C22H28N2O/c1-21(2,3)18-11-7-16(8-12-18)15-23-24-20(25)17-9-13-19(14-10-17)22(4,5)6/h7-15H,1-6H3,(H,24,25)/b23-15-. The van der Waals surface area contributed by atoms with Gasteiger partial charge in [0.05, 0.1) is 6.21 Å². The van der Waals surface area contributed by atoms with Gasteiger partial charge in [-0.25, -0.2) is 5.43 Å². The van der Waals surface area contributed by atoms with Gasteiger partial charge in [-0.2, -0.15) is 5.10 Å². The molecule has 2 rings (SSSR count). The SMILES string of the molecule is CC(C)(C)c1ccc(/C=N\NC(=O)c2ccc(C(C)(C)C)cc2)cc1. The zero-order valence-corrected chi connectivity index (χ0v) is 16.1. The van der Waals surface area contributed by atoms with Crippen molar-refractivity contribution >= 4 is 12.1 Å². The van der Waals surface area contributed by atoms with Gasteiger partial charge >= 0.3 is 0 Å². The molecule has 0 heterocycles. The second-order valence-corrected chi connectivity index (χ2v) is 8.40. The molecule has 0 saturated heterocycles. The highest BCUT2D eigenvalue weighted by molar-refractivity contribution is 5.94. The first-order valence-corrected chi connectivity index (χ1v) is 8.62. The van der Waals surface area contributed by atoms with E-state index in [0.717, 1.165) is 5.56 Å². The minimum absolute atomic E-state index is 0.0758. The Morgan fingerprint density at radius 2 is 1.24 bits per heavy atom. The summed E-state index contributed by atoms with van der Waals surface area (Å²) in [6, 6.07) is 15.9. The van der Waals surface area contributed by atoms with Crippen molar-refractivity contribution in [3.8, 4) is 0 Å². The van der Waals surface area contributed by atoms with E-state index in [1.807, 2.05) is 36.4 Å². The largest absolute Gasteiger partial charge is 0.271 e. The average molecular weight is 336 g/mol. The molecule has 0 aromatic heterocycles. The molecule has 0 radical (unpaired) electrons. The molecule has 3 nitrogen and oxygen atoms in total. The van der Waals surface area contributed by atoms with Crippen molar-refractivity contribution in [3.05, 3.63) is 70.8 Å². The Hall–Kier alpha value is -2.42. The Balaban J connectivity index is 1.98. The Morgan fingerprint density at radius 3 is 1.68 bits per heavy atom. The minimum atomic E-state index is -0.206. The van der Waals surface area contributed by atoms with E-state index in [-0.39, 0.29) is 16.7 Å². The van der Waals surface area contributed by atoms with E-state index in [4.69, 9.17) is 0 Å². The quantitative estimate of drug-likeness (QED) is 0.619. The summed E-state index contributed by atoms with van der Waals surface area (Å²) in [7, 11) is 0. The van der Waals surface area contributed by atoms with Crippen LogP contribution >= 0.6 is 0 Å². The maximum Gasteiger partial charge on any atom is 0.271 e. The Kier molecular flexibility index (Phi) is 5.46. The van der Waals surface area contributed by atoms with E-state index in [1.165, 1.54) is 11.1 Å². The van der Waals surface area contributed by atoms with Crippen LogP contribution in [0.4, 0.5) is 0 Å². The summed E-state index contributed by atoms with van der Waals surface area (Å²) in [6.07, 6.45) is 1.66. The van der Waals surface area contributed by atoms with E-state index in [2.05, 4.69) is 64.2 Å².